The van der Waals surface area contributed by atoms with Crippen LogP contribution in [0.1, 0.15) is 64.2 Å². The Morgan fingerprint density at radius 2 is 1.95 bits per heavy atom. The van der Waals surface area contributed by atoms with E-state index in [0.717, 1.165) is 24.7 Å². The number of nitrogens with one attached hydrogen (secondary N) is 2. The normalized spacial score (nSPS) is 36.4. The highest BCUT2D eigenvalue weighted by Crippen LogP contribution is 2.44. The fraction of sp³-hybridized carbons (Fsp3) is 0.938. The molecule has 0 aromatic heterocycles. The molecule has 3 atom stereocenters. The van der Waals surface area contributed by atoms with E-state index in [-0.39, 0.29) is 11.4 Å². The molecule has 0 radical (unpaired) electrons. The molecule has 0 saturated heterocycles. The molecule has 0 aromatic rings. The summed E-state index contributed by atoms with van der Waals surface area (Å²) in [4.78, 5) is 12.4. The number of amides is 1. The van der Waals surface area contributed by atoms with Crippen molar-refractivity contribution in [3.63, 3.8) is 0 Å². The minimum atomic E-state index is 0.0833. The lowest BCUT2D eigenvalue weighted by Gasteiger charge is -2.37. The van der Waals surface area contributed by atoms with Crippen molar-refractivity contribution in [2.75, 3.05) is 7.05 Å². The molecule has 108 valence electrons. The van der Waals surface area contributed by atoms with E-state index in [9.17, 15) is 4.79 Å². The van der Waals surface area contributed by atoms with Crippen LogP contribution in [0.5, 0.6) is 0 Å². The molecule has 3 fully saturated rings. The summed E-state index contributed by atoms with van der Waals surface area (Å²) in [5, 5.41) is 6.78. The van der Waals surface area contributed by atoms with E-state index in [0.29, 0.717) is 12.5 Å². The summed E-state index contributed by atoms with van der Waals surface area (Å²) in [6, 6.07) is 0.490. The molecule has 0 spiro atoms. The Labute approximate surface area is 116 Å². The Morgan fingerprint density at radius 1 is 1.16 bits per heavy atom. The monoisotopic (exact) mass is 264 g/mol. The summed E-state index contributed by atoms with van der Waals surface area (Å²) in [6.45, 7) is 0. The molecule has 3 aliphatic rings. The Hall–Kier alpha value is -0.570. The maximum Gasteiger partial charge on any atom is 0.222 e. The molecular weight excluding hydrogens is 236 g/mol. The maximum absolute atomic E-state index is 12.4. The van der Waals surface area contributed by atoms with Crippen molar-refractivity contribution in [2.24, 2.45) is 11.8 Å². The number of carbonyl (C=O) groups is 1. The quantitative estimate of drug-likeness (QED) is 0.819. The molecule has 3 nitrogen and oxygen atoms in total. The van der Waals surface area contributed by atoms with Gasteiger partial charge in [-0.05, 0) is 51.0 Å². The molecule has 0 heterocycles. The van der Waals surface area contributed by atoms with Gasteiger partial charge in [0.15, 0.2) is 0 Å². The first kappa shape index (κ1) is 13.4. The predicted octanol–water partition coefficient (Wildman–Crippen LogP) is 2.60. The van der Waals surface area contributed by atoms with Gasteiger partial charge in [-0.25, -0.2) is 0 Å². The van der Waals surface area contributed by atoms with Crippen LogP contribution >= 0.6 is 0 Å². The third kappa shape index (κ3) is 2.81. The van der Waals surface area contributed by atoms with E-state index in [1.807, 2.05) is 7.05 Å². The van der Waals surface area contributed by atoms with Crippen molar-refractivity contribution in [3.05, 3.63) is 0 Å². The summed E-state index contributed by atoms with van der Waals surface area (Å²) in [7, 11) is 2.02. The second-order valence-electron chi connectivity index (χ2n) is 7.12. The van der Waals surface area contributed by atoms with Gasteiger partial charge in [-0.2, -0.15) is 0 Å². The van der Waals surface area contributed by atoms with E-state index in [1.54, 1.807) is 0 Å². The van der Waals surface area contributed by atoms with Crippen LogP contribution in [-0.2, 0) is 4.79 Å². The van der Waals surface area contributed by atoms with Crippen molar-refractivity contribution in [1.29, 1.82) is 0 Å². The van der Waals surface area contributed by atoms with Crippen LogP contribution in [0.3, 0.4) is 0 Å². The third-order valence-electron chi connectivity index (χ3n) is 5.92. The lowest BCUT2D eigenvalue weighted by atomic mass is 9.79. The number of carbonyl (C=O) groups excluding carboxylic acids is 1. The molecule has 0 aromatic carbocycles. The van der Waals surface area contributed by atoms with Crippen molar-refractivity contribution in [2.45, 2.75) is 75.8 Å². The SMILES string of the molecule is CNC1(CC(=O)NC2CC3CCC2C3)CCCCC1. The van der Waals surface area contributed by atoms with Gasteiger partial charge in [0.2, 0.25) is 5.91 Å². The van der Waals surface area contributed by atoms with Crippen LogP contribution in [0.15, 0.2) is 0 Å². The molecule has 3 saturated carbocycles. The second kappa shape index (κ2) is 5.43. The van der Waals surface area contributed by atoms with Gasteiger partial charge in [-0.1, -0.05) is 25.7 Å². The fourth-order valence-electron chi connectivity index (χ4n) is 4.73. The van der Waals surface area contributed by atoms with Crippen LogP contribution < -0.4 is 10.6 Å². The standard InChI is InChI=1S/C16H28N2O/c1-17-16(7-3-2-4-8-16)11-15(19)18-14-10-12-5-6-13(14)9-12/h12-14,17H,2-11H2,1H3,(H,18,19). The summed E-state index contributed by atoms with van der Waals surface area (Å²) in [5.41, 5.74) is 0.0833. The second-order valence-corrected chi connectivity index (χ2v) is 7.12. The zero-order valence-corrected chi connectivity index (χ0v) is 12.2. The maximum atomic E-state index is 12.4. The zero-order chi connectivity index (χ0) is 13.3. The van der Waals surface area contributed by atoms with E-state index in [1.165, 1.54) is 44.9 Å². The summed E-state index contributed by atoms with van der Waals surface area (Å²) < 4.78 is 0. The van der Waals surface area contributed by atoms with Gasteiger partial charge in [0, 0.05) is 18.0 Å². The van der Waals surface area contributed by atoms with Crippen LogP contribution in [0.4, 0.5) is 0 Å². The van der Waals surface area contributed by atoms with Gasteiger partial charge in [-0.3, -0.25) is 4.79 Å². The zero-order valence-electron chi connectivity index (χ0n) is 12.2. The van der Waals surface area contributed by atoms with Crippen LogP contribution in [0.25, 0.3) is 0 Å². The van der Waals surface area contributed by atoms with Crippen LogP contribution in [-0.4, -0.2) is 24.5 Å². The summed E-state index contributed by atoms with van der Waals surface area (Å²) in [6.07, 6.45) is 12.2. The van der Waals surface area contributed by atoms with E-state index >= 15 is 0 Å². The van der Waals surface area contributed by atoms with Crippen molar-refractivity contribution < 1.29 is 4.79 Å². The highest BCUT2D eigenvalue weighted by molar-refractivity contribution is 5.77. The van der Waals surface area contributed by atoms with Gasteiger partial charge in [-0.15, -0.1) is 0 Å². The van der Waals surface area contributed by atoms with Gasteiger partial charge in [0.1, 0.15) is 0 Å². The van der Waals surface area contributed by atoms with Crippen LogP contribution in [0, 0.1) is 11.8 Å². The van der Waals surface area contributed by atoms with Gasteiger partial charge in [0.05, 0.1) is 0 Å². The summed E-state index contributed by atoms with van der Waals surface area (Å²) >= 11 is 0. The molecular formula is C16H28N2O. The highest BCUT2D eigenvalue weighted by atomic mass is 16.1. The lowest BCUT2D eigenvalue weighted by molar-refractivity contribution is -0.124. The minimum Gasteiger partial charge on any atom is -0.353 e. The average Bonchev–Trinajstić information content (AvgIpc) is 3.02. The highest BCUT2D eigenvalue weighted by Gasteiger charge is 2.41. The first-order valence-electron chi connectivity index (χ1n) is 8.19. The number of hydrogen-bond acceptors (Lipinski definition) is 2. The Kier molecular flexibility index (Phi) is 3.84. The Balaban J connectivity index is 1.52. The van der Waals surface area contributed by atoms with Gasteiger partial charge < -0.3 is 10.6 Å². The summed E-state index contributed by atoms with van der Waals surface area (Å²) in [5.74, 6) is 1.97. The van der Waals surface area contributed by atoms with Crippen LogP contribution in [0.2, 0.25) is 0 Å². The first-order valence-corrected chi connectivity index (χ1v) is 8.19. The van der Waals surface area contributed by atoms with E-state index < -0.39 is 0 Å². The van der Waals surface area contributed by atoms with Crippen molar-refractivity contribution in [3.8, 4) is 0 Å². The predicted molar refractivity (Wildman–Crippen MR) is 76.9 cm³/mol. The smallest absolute Gasteiger partial charge is 0.222 e. The van der Waals surface area contributed by atoms with E-state index in [2.05, 4.69) is 10.6 Å². The minimum absolute atomic E-state index is 0.0833. The number of rotatable bonds is 4. The topological polar surface area (TPSA) is 41.1 Å². The first-order chi connectivity index (χ1) is 9.21. The molecule has 0 aliphatic heterocycles. The third-order valence-corrected chi connectivity index (χ3v) is 5.92. The number of fused-ring (bicyclic) bond motifs is 2. The molecule has 3 rings (SSSR count). The molecule has 3 aliphatic carbocycles. The fourth-order valence-corrected chi connectivity index (χ4v) is 4.73. The number of hydrogen-bond donors (Lipinski definition) is 2. The lowest BCUT2D eigenvalue weighted by Crippen LogP contribution is -2.50. The Bertz CT molecular complexity index is 336. The molecule has 1 amide bonds. The van der Waals surface area contributed by atoms with Crippen molar-refractivity contribution in [1.82, 2.24) is 10.6 Å². The van der Waals surface area contributed by atoms with Crippen molar-refractivity contribution >= 4 is 5.91 Å². The molecule has 3 unspecified atom stereocenters. The largest absolute Gasteiger partial charge is 0.353 e. The van der Waals surface area contributed by atoms with E-state index in [4.69, 9.17) is 0 Å². The Morgan fingerprint density at radius 3 is 2.53 bits per heavy atom. The molecule has 2 N–H and O–H groups in total. The molecule has 19 heavy (non-hydrogen) atoms. The average molecular weight is 264 g/mol. The van der Waals surface area contributed by atoms with Gasteiger partial charge in [0.25, 0.3) is 0 Å². The molecule has 3 heteroatoms. The molecule has 2 bridgehead atoms. The van der Waals surface area contributed by atoms with Gasteiger partial charge >= 0.3 is 0 Å².